The van der Waals surface area contributed by atoms with E-state index < -0.39 is 5.82 Å². The summed E-state index contributed by atoms with van der Waals surface area (Å²) in [6, 6.07) is 11.4. The number of carbonyl (C=O) groups is 1. The summed E-state index contributed by atoms with van der Waals surface area (Å²) in [6.45, 7) is 1.71. The summed E-state index contributed by atoms with van der Waals surface area (Å²) in [4.78, 5) is 11.6. The third kappa shape index (κ3) is 2.77. The quantitative estimate of drug-likeness (QED) is 0.798. The predicted molar refractivity (Wildman–Crippen MR) is 86.2 cm³/mol. The number of Topliss-reactive ketones (excluding diaryl/α,β-unsaturated/α-hetero) is 1. The molecule has 0 unspecified atom stereocenters. The first kappa shape index (κ1) is 15.1. The molecule has 0 aliphatic carbocycles. The summed E-state index contributed by atoms with van der Waals surface area (Å²) < 4.78 is 20.5. The van der Waals surface area contributed by atoms with Gasteiger partial charge in [0.25, 0.3) is 0 Å². The second-order valence-corrected chi connectivity index (χ2v) is 5.41. The smallest absolute Gasteiger partial charge is 0.165 e. The van der Waals surface area contributed by atoms with Crippen LogP contribution in [0.25, 0.3) is 22.2 Å². The van der Waals surface area contributed by atoms with E-state index in [0.29, 0.717) is 0 Å². The third-order valence-electron chi connectivity index (χ3n) is 3.71. The molecule has 2 aromatic carbocycles. The molecule has 0 spiro atoms. The van der Waals surface area contributed by atoms with Gasteiger partial charge in [-0.25, -0.2) is 4.39 Å². The number of ketones is 1. The van der Waals surface area contributed by atoms with Crippen molar-refractivity contribution in [2.24, 2.45) is 0 Å². The zero-order chi connectivity index (χ0) is 16.6. The van der Waals surface area contributed by atoms with Crippen molar-refractivity contribution < 1.29 is 19.0 Å². The minimum absolute atomic E-state index is 0.00546. The molecule has 0 bridgehead atoms. The summed E-state index contributed by atoms with van der Waals surface area (Å²) in [7, 11) is 1.41. The Morgan fingerprint density at radius 1 is 1.22 bits per heavy atom. The summed E-state index contributed by atoms with van der Waals surface area (Å²) in [5.41, 5.74) is 2.33. The SMILES string of the molecule is COc1cc(-c2cc3cc(O)ccc3n2CC(C)=O)ccc1F. The molecule has 1 N–H and O–H groups in total. The molecule has 0 atom stereocenters. The lowest BCUT2D eigenvalue weighted by Crippen LogP contribution is -2.07. The Morgan fingerprint density at radius 3 is 2.70 bits per heavy atom. The van der Waals surface area contributed by atoms with E-state index in [1.807, 2.05) is 10.6 Å². The summed E-state index contributed by atoms with van der Waals surface area (Å²) in [6.07, 6.45) is 0. The van der Waals surface area contributed by atoms with Crippen LogP contribution < -0.4 is 4.74 Å². The molecule has 4 nitrogen and oxygen atoms in total. The van der Waals surface area contributed by atoms with Gasteiger partial charge in [0, 0.05) is 22.2 Å². The first-order valence-electron chi connectivity index (χ1n) is 7.15. The van der Waals surface area contributed by atoms with E-state index >= 15 is 0 Å². The number of aromatic nitrogens is 1. The molecule has 1 aromatic heterocycles. The largest absolute Gasteiger partial charge is 0.508 e. The van der Waals surface area contributed by atoms with Crippen LogP contribution in [0.2, 0.25) is 0 Å². The molecule has 0 radical (unpaired) electrons. The Balaban J connectivity index is 2.25. The highest BCUT2D eigenvalue weighted by molar-refractivity contribution is 5.90. The molecule has 118 valence electrons. The van der Waals surface area contributed by atoms with Crippen LogP contribution in [0.4, 0.5) is 4.39 Å². The molecule has 1 heterocycles. The van der Waals surface area contributed by atoms with Crippen LogP contribution in [0.1, 0.15) is 6.92 Å². The van der Waals surface area contributed by atoms with Gasteiger partial charge >= 0.3 is 0 Å². The van der Waals surface area contributed by atoms with Crippen molar-refractivity contribution in [3.63, 3.8) is 0 Å². The van der Waals surface area contributed by atoms with E-state index in [4.69, 9.17) is 4.74 Å². The number of fused-ring (bicyclic) bond motifs is 1. The van der Waals surface area contributed by atoms with Gasteiger partial charge < -0.3 is 14.4 Å². The molecule has 0 saturated heterocycles. The molecule has 5 heteroatoms. The topological polar surface area (TPSA) is 51.5 Å². The van der Waals surface area contributed by atoms with E-state index in [1.165, 1.54) is 20.1 Å². The minimum atomic E-state index is -0.442. The maximum absolute atomic E-state index is 13.6. The van der Waals surface area contributed by atoms with Crippen molar-refractivity contribution in [1.29, 1.82) is 0 Å². The first-order chi connectivity index (χ1) is 11.0. The van der Waals surface area contributed by atoms with Gasteiger partial charge in [0.15, 0.2) is 11.6 Å². The van der Waals surface area contributed by atoms with Crippen molar-refractivity contribution in [3.8, 4) is 22.8 Å². The van der Waals surface area contributed by atoms with Crippen LogP contribution >= 0.6 is 0 Å². The highest BCUT2D eigenvalue weighted by Crippen LogP contribution is 2.32. The standard InChI is InChI=1S/C18H16FNO3/c1-11(21)10-20-16-6-4-14(22)7-13(16)8-17(20)12-3-5-15(19)18(9-12)23-2/h3-9,22H,10H2,1-2H3. The lowest BCUT2D eigenvalue weighted by atomic mass is 10.1. The van der Waals surface area contributed by atoms with Crippen LogP contribution in [0.3, 0.4) is 0 Å². The van der Waals surface area contributed by atoms with Crippen LogP contribution in [-0.2, 0) is 11.3 Å². The number of nitrogens with zero attached hydrogens (tertiary/aromatic N) is 1. The van der Waals surface area contributed by atoms with E-state index in [9.17, 15) is 14.3 Å². The van der Waals surface area contributed by atoms with E-state index in [2.05, 4.69) is 0 Å². The van der Waals surface area contributed by atoms with Crippen LogP contribution in [0.5, 0.6) is 11.5 Å². The van der Waals surface area contributed by atoms with Gasteiger partial charge in [-0.1, -0.05) is 0 Å². The lowest BCUT2D eigenvalue weighted by molar-refractivity contribution is -0.117. The molecular formula is C18H16FNO3. The Bertz CT molecular complexity index is 899. The number of rotatable bonds is 4. The maximum Gasteiger partial charge on any atom is 0.165 e. The molecule has 0 aliphatic heterocycles. The highest BCUT2D eigenvalue weighted by atomic mass is 19.1. The highest BCUT2D eigenvalue weighted by Gasteiger charge is 2.14. The van der Waals surface area contributed by atoms with Crippen molar-refractivity contribution in [2.45, 2.75) is 13.5 Å². The molecule has 3 rings (SSSR count). The normalized spacial score (nSPS) is 10.9. The number of benzene rings is 2. The number of phenolic OH excluding ortho intramolecular Hbond substituents is 1. The van der Waals surface area contributed by atoms with Gasteiger partial charge in [-0.3, -0.25) is 4.79 Å². The third-order valence-corrected chi connectivity index (χ3v) is 3.71. The van der Waals surface area contributed by atoms with Crippen LogP contribution in [0, 0.1) is 5.82 Å². The van der Waals surface area contributed by atoms with Gasteiger partial charge in [-0.2, -0.15) is 0 Å². The molecule has 0 fully saturated rings. The maximum atomic E-state index is 13.6. The van der Waals surface area contributed by atoms with Gasteiger partial charge in [-0.05, 0) is 49.4 Å². The summed E-state index contributed by atoms with van der Waals surface area (Å²) in [5, 5.41) is 10.5. The second kappa shape index (κ2) is 5.76. The fourth-order valence-corrected chi connectivity index (χ4v) is 2.71. The van der Waals surface area contributed by atoms with Crippen molar-refractivity contribution >= 4 is 16.7 Å². The Hall–Kier alpha value is -2.82. The molecule has 3 aromatic rings. The first-order valence-corrected chi connectivity index (χ1v) is 7.15. The average molecular weight is 313 g/mol. The monoisotopic (exact) mass is 313 g/mol. The fraction of sp³-hybridized carbons (Fsp3) is 0.167. The van der Waals surface area contributed by atoms with Crippen LogP contribution in [-0.4, -0.2) is 22.6 Å². The van der Waals surface area contributed by atoms with Gasteiger partial charge in [-0.15, -0.1) is 0 Å². The van der Waals surface area contributed by atoms with Crippen molar-refractivity contribution in [2.75, 3.05) is 7.11 Å². The molecule has 23 heavy (non-hydrogen) atoms. The summed E-state index contributed by atoms with van der Waals surface area (Å²) >= 11 is 0. The Morgan fingerprint density at radius 2 is 2.00 bits per heavy atom. The molecular weight excluding hydrogens is 297 g/mol. The Labute approximate surface area is 132 Å². The van der Waals surface area contributed by atoms with E-state index in [-0.39, 0.29) is 23.8 Å². The van der Waals surface area contributed by atoms with Gasteiger partial charge in [0.2, 0.25) is 0 Å². The van der Waals surface area contributed by atoms with Crippen LogP contribution in [0.15, 0.2) is 42.5 Å². The zero-order valence-corrected chi connectivity index (χ0v) is 12.8. The molecule has 0 saturated carbocycles. The number of phenols is 1. The lowest BCUT2D eigenvalue weighted by Gasteiger charge is -2.10. The average Bonchev–Trinajstić information content (AvgIpc) is 2.85. The number of methoxy groups -OCH3 is 1. The zero-order valence-electron chi connectivity index (χ0n) is 12.8. The summed E-state index contributed by atoms with van der Waals surface area (Å²) in [5.74, 6) is -0.139. The number of halogens is 1. The fourth-order valence-electron chi connectivity index (χ4n) is 2.71. The minimum Gasteiger partial charge on any atom is -0.508 e. The second-order valence-electron chi connectivity index (χ2n) is 5.41. The van der Waals surface area contributed by atoms with E-state index in [1.54, 1.807) is 30.3 Å². The van der Waals surface area contributed by atoms with Crippen molar-refractivity contribution in [3.05, 3.63) is 48.3 Å². The Kier molecular flexibility index (Phi) is 3.78. The molecule has 0 aliphatic rings. The number of hydrogen-bond acceptors (Lipinski definition) is 3. The number of ether oxygens (including phenoxy) is 1. The number of carbonyl (C=O) groups excluding carboxylic acids is 1. The van der Waals surface area contributed by atoms with E-state index in [0.717, 1.165) is 22.2 Å². The number of aromatic hydroxyl groups is 1. The number of hydrogen-bond donors (Lipinski definition) is 1. The molecule has 0 amide bonds. The van der Waals surface area contributed by atoms with Crippen molar-refractivity contribution in [1.82, 2.24) is 4.57 Å². The van der Waals surface area contributed by atoms with Gasteiger partial charge in [0.05, 0.1) is 13.7 Å². The predicted octanol–water partition coefficient (Wildman–Crippen LogP) is 3.75. The van der Waals surface area contributed by atoms with Gasteiger partial charge in [0.1, 0.15) is 11.5 Å².